The number of sulfonamides is 1. The molecule has 1 aromatic carbocycles. The number of hydrogen-bond donors (Lipinski definition) is 1. The number of fused-ring (bicyclic) bond motifs is 2. The lowest BCUT2D eigenvalue weighted by Gasteiger charge is -2.35. The minimum absolute atomic E-state index is 0.00528. The minimum atomic E-state index is -3.61. The number of rotatable bonds is 3. The van der Waals surface area contributed by atoms with E-state index in [1.807, 2.05) is 0 Å². The lowest BCUT2D eigenvalue weighted by atomic mass is 10.0. The molecule has 2 unspecified atom stereocenters. The summed E-state index contributed by atoms with van der Waals surface area (Å²) in [6.45, 7) is 0. The Balaban J connectivity index is 1.87. The lowest BCUT2D eigenvalue weighted by Crippen LogP contribution is -2.48. The second-order valence-electron chi connectivity index (χ2n) is 5.86. The van der Waals surface area contributed by atoms with E-state index in [4.69, 9.17) is 0 Å². The maximum absolute atomic E-state index is 13.2. The Bertz CT molecular complexity index is 640. The van der Waals surface area contributed by atoms with Crippen molar-refractivity contribution in [2.75, 3.05) is 7.05 Å². The van der Waals surface area contributed by atoms with E-state index in [1.54, 1.807) is 7.05 Å². The van der Waals surface area contributed by atoms with Crippen LogP contribution in [-0.2, 0) is 10.0 Å². The number of nitrogens with zero attached hydrogens (tertiary/aromatic N) is 1. The Labute approximate surface area is 132 Å². The van der Waals surface area contributed by atoms with Gasteiger partial charge in [0.05, 0.1) is 4.90 Å². The predicted molar refractivity (Wildman–Crippen MR) is 82.0 cm³/mol. The van der Waals surface area contributed by atoms with Gasteiger partial charge in [0.25, 0.3) is 0 Å². The van der Waals surface area contributed by atoms with Gasteiger partial charge in [-0.15, -0.1) is 0 Å². The van der Waals surface area contributed by atoms with Crippen molar-refractivity contribution in [1.82, 2.24) is 9.62 Å². The molecule has 0 amide bonds. The quantitative estimate of drug-likeness (QED) is 0.881. The molecule has 0 spiro atoms. The maximum Gasteiger partial charge on any atom is 0.244 e. The second-order valence-corrected chi connectivity index (χ2v) is 8.68. The molecule has 2 heterocycles. The maximum atomic E-state index is 13.2. The van der Waals surface area contributed by atoms with Crippen molar-refractivity contribution < 1.29 is 12.8 Å². The molecule has 0 radical (unpaired) electrons. The third-order valence-electron chi connectivity index (χ3n) is 4.51. The van der Waals surface area contributed by atoms with Gasteiger partial charge in [-0.1, -0.05) is 0 Å². The molecule has 2 atom stereocenters. The molecule has 7 heteroatoms. The van der Waals surface area contributed by atoms with Gasteiger partial charge in [-0.05, 0) is 59.8 Å². The normalized spacial score (nSPS) is 29.0. The Morgan fingerprint density at radius 1 is 1.29 bits per heavy atom. The highest BCUT2D eigenvalue weighted by Gasteiger charge is 2.39. The van der Waals surface area contributed by atoms with Crippen molar-refractivity contribution in [3.05, 3.63) is 28.5 Å². The second kappa shape index (κ2) is 5.61. The summed E-state index contributed by atoms with van der Waals surface area (Å²) in [6.07, 6.45) is 3.92. The van der Waals surface area contributed by atoms with Crippen LogP contribution in [0, 0.1) is 5.82 Å². The number of piperidine rings is 1. The largest absolute Gasteiger partial charge is 0.311 e. The first-order chi connectivity index (χ1) is 9.88. The Hall–Kier alpha value is -0.500. The number of hydrogen-bond acceptors (Lipinski definition) is 3. The summed E-state index contributed by atoms with van der Waals surface area (Å²) in [5.74, 6) is -0.455. The molecule has 1 N–H and O–H groups in total. The van der Waals surface area contributed by atoms with Crippen LogP contribution in [0.5, 0.6) is 0 Å². The van der Waals surface area contributed by atoms with Crippen LogP contribution in [0.25, 0.3) is 0 Å². The highest BCUT2D eigenvalue weighted by Crippen LogP contribution is 2.33. The summed E-state index contributed by atoms with van der Waals surface area (Å²) in [6, 6.07) is 4.53. The summed E-state index contributed by atoms with van der Waals surface area (Å²) < 4.78 is 40.4. The zero-order valence-corrected chi connectivity index (χ0v) is 14.1. The van der Waals surface area contributed by atoms with Crippen LogP contribution < -0.4 is 5.32 Å². The Morgan fingerprint density at radius 3 is 2.48 bits per heavy atom. The molecule has 0 aromatic heterocycles. The molecular formula is C14H18BrFN2O2S. The van der Waals surface area contributed by atoms with Gasteiger partial charge in [0.2, 0.25) is 10.0 Å². The highest BCUT2D eigenvalue weighted by atomic mass is 79.9. The monoisotopic (exact) mass is 376 g/mol. The first kappa shape index (κ1) is 15.4. The smallest absolute Gasteiger partial charge is 0.244 e. The van der Waals surface area contributed by atoms with Gasteiger partial charge in [-0.3, -0.25) is 0 Å². The van der Waals surface area contributed by atoms with Gasteiger partial charge in [0.1, 0.15) is 5.82 Å². The van der Waals surface area contributed by atoms with Gasteiger partial charge >= 0.3 is 0 Å². The Morgan fingerprint density at radius 2 is 1.90 bits per heavy atom. The summed E-state index contributed by atoms with van der Waals surface area (Å²) in [5, 5.41) is 3.50. The number of benzene rings is 1. The fraction of sp³-hybridized carbons (Fsp3) is 0.571. The number of halogens is 2. The zero-order chi connectivity index (χ0) is 15.2. The molecule has 0 aliphatic carbocycles. The molecule has 116 valence electrons. The third kappa shape index (κ3) is 2.88. The first-order valence-corrected chi connectivity index (χ1v) is 9.30. The van der Waals surface area contributed by atoms with E-state index in [9.17, 15) is 12.8 Å². The van der Waals surface area contributed by atoms with E-state index in [0.29, 0.717) is 12.1 Å². The van der Waals surface area contributed by atoms with E-state index in [0.717, 1.165) is 25.7 Å². The van der Waals surface area contributed by atoms with E-state index in [2.05, 4.69) is 21.2 Å². The predicted octanol–water partition coefficient (Wildman–Crippen LogP) is 2.49. The van der Waals surface area contributed by atoms with E-state index in [1.165, 1.54) is 22.5 Å². The van der Waals surface area contributed by atoms with Crippen molar-refractivity contribution >= 4 is 26.0 Å². The first-order valence-electron chi connectivity index (χ1n) is 7.07. The van der Waals surface area contributed by atoms with Gasteiger partial charge < -0.3 is 5.32 Å². The zero-order valence-electron chi connectivity index (χ0n) is 11.7. The molecule has 2 saturated heterocycles. The molecular weight excluding hydrogens is 359 g/mol. The van der Waals surface area contributed by atoms with Crippen molar-refractivity contribution in [2.24, 2.45) is 0 Å². The van der Waals surface area contributed by atoms with Crippen LogP contribution in [-0.4, -0.2) is 37.9 Å². The molecule has 4 nitrogen and oxygen atoms in total. The van der Waals surface area contributed by atoms with Crippen LogP contribution in [0.3, 0.4) is 0 Å². The van der Waals surface area contributed by atoms with Gasteiger partial charge in [0, 0.05) is 29.6 Å². The van der Waals surface area contributed by atoms with Crippen LogP contribution >= 0.6 is 15.9 Å². The van der Waals surface area contributed by atoms with Gasteiger partial charge in [-0.2, -0.15) is 4.31 Å². The standard InChI is InChI=1S/C14H18BrFN2O2S/c1-18(12-7-10-3-4-11(8-12)17-10)21(19,20)14-5-2-9(16)6-13(14)15/h2,5-6,10-12,17H,3-4,7-8H2,1H3. The van der Waals surface area contributed by atoms with Gasteiger partial charge in [0.15, 0.2) is 0 Å². The molecule has 2 bridgehead atoms. The topological polar surface area (TPSA) is 49.4 Å². The summed E-state index contributed by atoms with van der Waals surface area (Å²) in [7, 11) is -1.99. The molecule has 3 rings (SSSR count). The Kier molecular flexibility index (Phi) is 4.11. The molecule has 0 saturated carbocycles. The molecule has 2 fully saturated rings. The van der Waals surface area contributed by atoms with E-state index >= 15 is 0 Å². The molecule has 2 aliphatic rings. The minimum Gasteiger partial charge on any atom is -0.311 e. The highest BCUT2D eigenvalue weighted by molar-refractivity contribution is 9.10. The fourth-order valence-corrected chi connectivity index (χ4v) is 5.74. The average Bonchev–Trinajstić information content (AvgIpc) is 2.76. The van der Waals surface area contributed by atoms with Crippen molar-refractivity contribution in [3.8, 4) is 0 Å². The SMILES string of the molecule is CN(C1CC2CCC(C1)N2)S(=O)(=O)c1ccc(F)cc1Br. The van der Waals surface area contributed by atoms with E-state index < -0.39 is 15.8 Å². The van der Waals surface area contributed by atoms with Crippen LogP contribution in [0.15, 0.2) is 27.6 Å². The van der Waals surface area contributed by atoms with Crippen molar-refractivity contribution in [1.29, 1.82) is 0 Å². The van der Waals surface area contributed by atoms with Gasteiger partial charge in [-0.25, -0.2) is 12.8 Å². The van der Waals surface area contributed by atoms with Crippen molar-refractivity contribution in [3.63, 3.8) is 0 Å². The molecule has 1 aromatic rings. The summed E-state index contributed by atoms with van der Waals surface area (Å²) in [4.78, 5) is 0.122. The summed E-state index contributed by atoms with van der Waals surface area (Å²) in [5.41, 5.74) is 0. The van der Waals surface area contributed by atoms with Crippen LogP contribution in [0.2, 0.25) is 0 Å². The van der Waals surface area contributed by atoms with Crippen LogP contribution in [0.1, 0.15) is 25.7 Å². The average molecular weight is 377 g/mol. The van der Waals surface area contributed by atoms with Crippen LogP contribution in [0.4, 0.5) is 4.39 Å². The summed E-state index contributed by atoms with van der Waals surface area (Å²) >= 11 is 3.15. The molecule has 2 aliphatic heterocycles. The lowest BCUT2D eigenvalue weighted by molar-refractivity contribution is 0.251. The van der Waals surface area contributed by atoms with E-state index in [-0.39, 0.29) is 15.4 Å². The van der Waals surface area contributed by atoms with Crippen molar-refractivity contribution in [2.45, 2.75) is 48.7 Å². The third-order valence-corrected chi connectivity index (χ3v) is 7.40. The molecule has 21 heavy (non-hydrogen) atoms. The number of nitrogens with one attached hydrogen (secondary N) is 1. The fourth-order valence-electron chi connectivity index (χ4n) is 3.36.